The fraction of sp³-hybridized carbons (Fsp3) is 0.348. The minimum Gasteiger partial charge on any atom is -0.358 e. The van der Waals surface area contributed by atoms with Gasteiger partial charge in [0.1, 0.15) is 11.8 Å². The Kier molecular flexibility index (Phi) is 5.50. The average molecular weight is 518 g/mol. The molecule has 1 unspecified atom stereocenters. The number of aromatic nitrogens is 1. The summed E-state index contributed by atoms with van der Waals surface area (Å²) in [6.45, 7) is 10.1. The fourth-order valence-corrected chi connectivity index (χ4v) is 5.27. The highest BCUT2D eigenvalue weighted by atomic mass is 127. The van der Waals surface area contributed by atoms with Crippen LogP contribution in [-0.2, 0) is 4.79 Å². The Hall–Kier alpha value is -1.80. The highest BCUT2D eigenvalue weighted by Crippen LogP contribution is 2.46. The van der Waals surface area contributed by atoms with E-state index < -0.39 is 0 Å². The predicted octanol–water partition coefficient (Wildman–Crippen LogP) is 6.44. The number of ketones is 1. The molecule has 0 fully saturated rings. The SMILES string of the molecule is Cc1noc2c1-c1sc(C)c(C)c1C(c1ccc(I)cc1)=NC2CC(=O)C(C)C. The first-order valence-electron chi connectivity index (χ1n) is 9.71. The lowest BCUT2D eigenvalue weighted by molar-refractivity contribution is -0.122. The van der Waals surface area contributed by atoms with Gasteiger partial charge in [-0.05, 0) is 61.1 Å². The molecule has 1 aliphatic heterocycles. The Labute approximate surface area is 188 Å². The van der Waals surface area contributed by atoms with E-state index in [4.69, 9.17) is 9.52 Å². The van der Waals surface area contributed by atoms with Gasteiger partial charge in [0.15, 0.2) is 5.76 Å². The number of rotatable bonds is 4. The zero-order valence-electron chi connectivity index (χ0n) is 17.2. The zero-order valence-corrected chi connectivity index (χ0v) is 20.1. The van der Waals surface area contributed by atoms with Crippen LogP contribution < -0.4 is 0 Å². The molecule has 4 nitrogen and oxygen atoms in total. The summed E-state index contributed by atoms with van der Waals surface area (Å²) in [5.41, 5.74) is 6.22. The number of halogens is 1. The van der Waals surface area contributed by atoms with Crippen LogP contribution in [0.4, 0.5) is 0 Å². The second-order valence-corrected chi connectivity index (χ2v) is 10.3. The zero-order chi connectivity index (χ0) is 20.9. The molecule has 1 atom stereocenters. The number of hydrogen-bond donors (Lipinski definition) is 0. The van der Waals surface area contributed by atoms with Gasteiger partial charge in [-0.2, -0.15) is 0 Å². The molecule has 0 amide bonds. The van der Waals surface area contributed by atoms with Gasteiger partial charge in [0, 0.05) is 36.8 Å². The average Bonchev–Trinajstić information content (AvgIpc) is 3.15. The molecule has 150 valence electrons. The van der Waals surface area contributed by atoms with Crippen molar-refractivity contribution in [2.45, 2.75) is 47.1 Å². The summed E-state index contributed by atoms with van der Waals surface area (Å²) < 4.78 is 6.94. The molecule has 1 aromatic carbocycles. The molecular formula is C23H23IN2O2S. The first-order chi connectivity index (χ1) is 13.8. The number of aryl methyl sites for hydroxylation is 2. The number of fused-ring (bicyclic) bond motifs is 3. The third kappa shape index (κ3) is 3.61. The van der Waals surface area contributed by atoms with Crippen molar-refractivity contribution in [2.75, 3.05) is 0 Å². The monoisotopic (exact) mass is 518 g/mol. The van der Waals surface area contributed by atoms with Gasteiger partial charge in [0.25, 0.3) is 0 Å². The normalized spacial score (nSPS) is 15.7. The minimum atomic E-state index is -0.366. The molecule has 0 bridgehead atoms. The number of nitrogens with zero attached hydrogens (tertiary/aromatic N) is 2. The molecule has 0 radical (unpaired) electrons. The van der Waals surface area contributed by atoms with E-state index in [2.05, 4.69) is 65.9 Å². The smallest absolute Gasteiger partial charge is 0.170 e. The van der Waals surface area contributed by atoms with Gasteiger partial charge in [-0.3, -0.25) is 9.79 Å². The number of hydrogen-bond acceptors (Lipinski definition) is 5. The first-order valence-corrected chi connectivity index (χ1v) is 11.6. The molecule has 3 heterocycles. The van der Waals surface area contributed by atoms with Crippen molar-refractivity contribution in [1.82, 2.24) is 5.16 Å². The third-order valence-electron chi connectivity index (χ3n) is 5.48. The number of aliphatic imine (C=N–C) groups is 1. The molecule has 2 aromatic heterocycles. The Morgan fingerprint density at radius 1 is 1.17 bits per heavy atom. The van der Waals surface area contributed by atoms with E-state index >= 15 is 0 Å². The van der Waals surface area contributed by atoms with Gasteiger partial charge < -0.3 is 4.52 Å². The second kappa shape index (κ2) is 7.80. The molecular weight excluding hydrogens is 495 g/mol. The maximum Gasteiger partial charge on any atom is 0.170 e. The summed E-state index contributed by atoms with van der Waals surface area (Å²) >= 11 is 4.06. The van der Waals surface area contributed by atoms with E-state index in [9.17, 15) is 4.79 Å². The second-order valence-electron chi connectivity index (χ2n) is 7.82. The van der Waals surface area contributed by atoms with Crippen LogP contribution in [0.5, 0.6) is 0 Å². The molecule has 3 aromatic rings. The lowest BCUT2D eigenvalue weighted by Crippen LogP contribution is -2.13. The van der Waals surface area contributed by atoms with Crippen LogP contribution in [0.2, 0.25) is 0 Å². The molecule has 0 saturated carbocycles. The van der Waals surface area contributed by atoms with Crippen molar-refractivity contribution in [3.63, 3.8) is 0 Å². The Balaban J connectivity index is 1.99. The number of carbonyl (C=O) groups is 1. The molecule has 0 saturated heterocycles. The van der Waals surface area contributed by atoms with Crippen LogP contribution in [0.1, 0.15) is 59.3 Å². The fourth-order valence-electron chi connectivity index (χ4n) is 3.65. The van der Waals surface area contributed by atoms with Gasteiger partial charge in [0.2, 0.25) is 0 Å². The summed E-state index contributed by atoms with van der Waals surface area (Å²) in [5.74, 6) is 0.846. The summed E-state index contributed by atoms with van der Waals surface area (Å²) in [6.07, 6.45) is 0.320. The molecule has 1 aliphatic rings. The molecule has 6 heteroatoms. The number of carbonyl (C=O) groups excluding carboxylic acids is 1. The van der Waals surface area contributed by atoms with Gasteiger partial charge >= 0.3 is 0 Å². The summed E-state index contributed by atoms with van der Waals surface area (Å²) in [7, 11) is 0. The quantitative estimate of drug-likeness (QED) is 0.374. The van der Waals surface area contributed by atoms with E-state index in [-0.39, 0.29) is 17.7 Å². The minimum absolute atomic E-state index is 0.0410. The highest BCUT2D eigenvalue weighted by molar-refractivity contribution is 14.1. The van der Waals surface area contributed by atoms with Crippen LogP contribution in [0.3, 0.4) is 0 Å². The van der Waals surface area contributed by atoms with Crippen molar-refractivity contribution in [2.24, 2.45) is 10.9 Å². The van der Waals surface area contributed by atoms with E-state index in [0.29, 0.717) is 12.2 Å². The van der Waals surface area contributed by atoms with Crippen molar-refractivity contribution in [3.05, 3.63) is 60.9 Å². The lowest BCUT2D eigenvalue weighted by atomic mass is 9.96. The van der Waals surface area contributed by atoms with E-state index in [1.54, 1.807) is 11.3 Å². The third-order valence-corrected chi connectivity index (χ3v) is 7.43. The summed E-state index contributed by atoms with van der Waals surface area (Å²) in [5, 5.41) is 4.24. The maximum atomic E-state index is 12.6. The number of benzene rings is 1. The van der Waals surface area contributed by atoms with Crippen LogP contribution >= 0.6 is 33.9 Å². The Bertz CT molecular complexity index is 1120. The van der Waals surface area contributed by atoms with E-state index in [1.165, 1.54) is 14.0 Å². The molecule has 0 spiro atoms. The Morgan fingerprint density at radius 3 is 2.52 bits per heavy atom. The predicted molar refractivity (Wildman–Crippen MR) is 126 cm³/mol. The van der Waals surface area contributed by atoms with Crippen LogP contribution in [-0.4, -0.2) is 16.7 Å². The van der Waals surface area contributed by atoms with Crippen molar-refractivity contribution < 1.29 is 9.32 Å². The van der Waals surface area contributed by atoms with E-state index in [1.807, 2.05) is 20.8 Å². The van der Waals surface area contributed by atoms with Crippen LogP contribution in [0, 0.1) is 30.3 Å². The van der Waals surface area contributed by atoms with Gasteiger partial charge in [-0.15, -0.1) is 11.3 Å². The molecule has 29 heavy (non-hydrogen) atoms. The lowest BCUT2D eigenvalue weighted by Gasteiger charge is -2.13. The number of thiophene rings is 1. The van der Waals surface area contributed by atoms with Crippen molar-refractivity contribution >= 4 is 45.4 Å². The van der Waals surface area contributed by atoms with Crippen LogP contribution in [0.15, 0.2) is 33.8 Å². The first kappa shape index (κ1) is 20.5. The molecule has 0 aliphatic carbocycles. The van der Waals surface area contributed by atoms with Crippen molar-refractivity contribution in [3.8, 4) is 10.4 Å². The van der Waals surface area contributed by atoms with Gasteiger partial charge in [0.05, 0.1) is 17.0 Å². The molecule has 0 N–H and O–H groups in total. The maximum absolute atomic E-state index is 12.6. The van der Waals surface area contributed by atoms with Gasteiger partial charge in [-0.1, -0.05) is 31.1 Å². The molecule has 4 rings (SSSR count). The van der Waals surface area contributed by atoms with Gasteiger partial charge in [-0.25, -0.2) is 0 Å². The van der Waals surface area contributed by atoms with Crippen molar-refractivity contribution in [1.29, 1.82) is 0 Å². The number of Topliss-reactive ketones (excluding diaryl/α,β-unsaturated/α-hetero) is 1. The standard InChI is InChI=1S/C23H23IN2O2S/c1-11(2)18(27)10-17-22-20(13(4)26-28-22)23-19(12(3)14(5)29-23)21(25-17)15-6-8-16(24)9-7-15/h6-9,11,17H,10H2,1-5H3. The summed E-state index contributed by atoms with van der Waals surface area (Å²) in [4.78, 5) is 20.2. The van der Waals surface area contributed by atoms with E-state index in [0.717, 1.165) is 33.0 Å². The topological polar surface area (TPSA) is 55.5 Å². The highest BCUT2D eigenvalue weighted by Gasteiger charge is 2.34. The Morgan fingerprint density at radius 2 is 1.86 bits per heavy atom. The largest absolute Gasteiger partial charge is 0.358 e. The van der Waals surface area contributed by atoms with Crippen LogP contribution in [0.25, 0.3) is 10.4 Å². The summed E-state index contributed by atoms with van der Waals surface area (Å²) in [6, 6.07) is 8.04.